The van der Waals surface area contributed by atoms with Crippen molar-refractivity contribution in [3.63, 3.8) is 0 Å². The van der Waals surface area contributed by atoms with E-state index in [1.807, 2.05) is 300 Å². The zero-order chi connectivity index (χ0) is 86.8. The highest BCUT2D eigenvalue weighted by Gasteiger charge is 2.42. The first-order valence-corrected chi connectivity index (χ1v) is 39.8. The van der Waals surface area contributed by atoms with Crippen LogP contribution in [0.1, 0.15) is 141 Å². The molecule has 0 saturated carbocycles. The van der Waals surface area contributed by atoms with Gasteiger partial charge in [0.2, 0.25) is 29.8 Å². The lowest BCUT2D eigenvalue weighted by molar-refractivity contribution is 0.104. The molecule has 25 nitrogen and oxygen atoms in total. The first kappa shape index (κ1) is 81.3. The second-order valence-corrected chi connectivity index (χ2v) is 31.3. The largest absolute Gasteiger partial charge is 0.347 e. The van der Waals surface area contributed by atoms with E-state index in [2.05, 4.69) is 71.1 Å². The smallest absolute Gasteiger partial charge is 0.226 e. The Bertz CT molecular complexity index is 6550. The Labute approximate surface area is 715 Å². The molecule has 20 rings (SSSR count). The monoisotopic (exact) mass is 1640 g/mol. The molecule has 0 unspecified atom stereocenters. The van der Waals surface area contributed by atoms with E-state index in [4.69, 9.17) is 16.9 Å². The minimum atomic E-state index is -0.0728. The van der Waals surface area contributed by atoms with Gasteiger partial charge in [0, 0.05) is 190 Å². The summed E-state index contributed by atoms with van der Waals surface area (Å²) in [5.74, 6) is 2.74. The van der Waals surface area contributed by atoms with Gasteiger partial charge in [-0.15, -0.1) is 0 Å². The third kappa shape index (κ3) is 14.5. The number of hydrogen-bond donors (Lipinski definition) is 0. The Balaban J connectivity index is 0.000000114. The molecule has 10 aliphatic rings. The van der Waals surface area contributed by atoms with Crippen LogP contribution in [0.2, 0.25) is 5.02 Å². The van der Waals surface area contributed by atoms with Gasteiger partial charge in [0.1, 0.15) is 57.0 Å². The second-order valence-electron chi connectivity index (χ2n) is 30.9. The number of nitriles is 1. The quantitative estimate of drug-likeness (QED) is 0.155. The van der Waals surface area contributed by atoms with E-state index in [0.717, 1.165) is 107 Å². The molecule has 123 heavy (non-hydrogen) atoms. The summed E-state index contributed by atoms with van der Waals surface area (Å²) in [5, 5.41) is 14.1. The molecule has 0 atom stereocenters. The van der Waals surface area contributed by atoms with E-state index in [1.54, 1.807) is 41.5 Å². The van der Waals surface area contributed by atoms with E-state index in [9.17, 15) is 24.0 Å². The first-order valence-electron chi connectivity index (χ1n) is 39.4. The number of nitrogens with zero attached hydrogens (tertiary/aromatic N) is 20. The predicted molar refractivity (Wildman–Crippen MR) is 485 cm³/mol. The van der Waals surface area contributed by atoms with Crippen molar-refractivity contribution in [1.82, 2.24) is 44.2 Å². The molecular weight excluding hydrogens is 1560 g/mol. The second kappa shape index (κ2) is 32.7. The number of hydrogen-bond acceptors (Lipinski definition) is 24. The summed E-state index contributed by atoms with van der Waals surface area (Å²) in [6, 6.07) is 58.1. The minimum Gasteiger partial charge on any atom is -0.347 e. The number of aromatic nitrogens is 4. The Kier molecular flexibility index (Phi) is 21.6. The molecule has 0 saturated heterocycles. The van der Waals surface area contributed by atoms with Crippen molar-refractivity contribution in [2.24, 2.45) is 57.0 Å². The van der Waals surface area contributed by atoms with Gasteiger partial charge in [-0.2, -0.15) is 10.4 Å². The molecule has 26 heteroatoms. The fourth-order valence-corrected chi connectivity index (χ4v) is 15.9. The van der Waals surface area contributed by atoms with Crippen molar-refractivity contribution in [2.75, 3.05) is 70.5 Å². The number of allylic oxidation sites excluding steroid dienone is 10. The van der Waals surface area contributed by atoms with E-state index in [1.165, 1.54) is 0 Å². The lowest BCUT2D eigenvalue weighted by Gasteiger charge is -2.20. The lowest BCUT2D eigenvalue weighted by atomic mass is 9.82. The highest BCUT2D eigenvalue weighted by molar-refractivity contribution is 6.48. The molecule has 0 N–H and O–H groups in total. The number of pyridine rings is 2. The van der Waals surface area contributed by atoms with Gasteiger partial charge in [-0.3, -0.25) is 38.6 Å². The SMILES string of the molecule is CN(C)C1=NC2=C(c3ccccc3Cl)C(=O)c3ccccc3C2=N1.Cc1cc(C#N)ccc1C1=C2N=C(N(C)C)N=C2c2ccccc2C1=O.Cc1ccncc1C1=C2N=C(N(C)C)N=C2c2ccccc2C1=O.Cc1ncccc1C1=C2N=C(N(C)C)N=C2c2ccccc2C1=O.Cc1nn(C)c(C)c1C1=C2N=C(N(C)C)N=C2c2ccccc2C1=O. The zero-order valence-corrected chi connectivity index (χ0v) is 71.2. The fraction of sp³-hybridized carbons (Fsp3) is 0.165. The van der Waals surface area contributed by atoms with Gasteiger partial charge in [-0.05, 0) is 81.6 Å². The Hall–Kier alpha value is -15.4. The third-order valence-corrected chi connectivity index (χ3v) is 22.1. The minimum absolute atomic E-state index is 0.0208. The summed E-state index contributed by atoms with van der Waals surface area (Å²) < 4.78 is 1.80. The Morgan fingerprint density at radius 3 is 0.967 bits per heavy atom. The summed E-state index contributed by atoms with van der Waals surface area (Å²) in [6.07, 6.45) is 5.18. The molecule has 7 aromatic carbocycles. The topological polar surface area (TPSA) is 293 Å². The number of ketones is 5. The number of fused-ring (bicyclic) bond motifs is 15. The van der Waals surface area contributed by atoms with Crippen molar-refractivity contribution in [3.05, 3.63) is 351 Å². The van der Waals surface area contributed by atoms with Gasteiger partial charge in [-0.1, -0.05) is 163 Å². The average Bonchev–Trinajstić information content (AvgIpc) is 1.74. The van der Waals surface area contributed by atoms with Crippen LogP contribution in [0.15, 0.2) is 279 Å². The van der Waals surface area contributed by atoms with Gasteiger partial charge in [-0.25, -0.2) is 49.9 Å². The molecule has 606 valence electrons. The molecule has 0 spiro atoms. The summed E-state index contributed by atoms with van der Waals surface area (Å²) in [5.41, 5.74) is 26.0. The average molecular weight is 1640 g/mol. The maximum absolute atomic E-state index is 13.3. The number of aliphatic imine (C=N–C) groups is 10. The van der Waals surface area contributed by atoms with Crippen molar-refractivity contribution in [1.29, 1.82) is 5.26 Å². The number of carbonyl (C=O) groups is 5. The maximum Gasteiger partial charge on any atom is 0.226 e. The molecule has 0 fully saturated rings. The number of carbonyl (C=O) groups excluding carboxylic acids is 5. The van der Waals surface area contributed by atoms with Crippen LogP contribution in [0.3, 0.4) is 0 Å². The predicted octanol–water partition coefficient (Wildman–Crippen LogP) is 14.7. The van der Waals surface area contributed by atoms with Crippen LogP contribution in [0.5, 0.6) is 0 Å². The Morgan fingerprint density at radius 2 is 0.642 bits per heavy atom. The van der Waals surface area contributed by atoms with Crippen molar-refractivity contribution in [2.45, 2.75) is 34.6 Å². The van der Waals surface area contributed by atoms with Crippen LogP contribution in [0.4, 0.5) is 0 Å². The van der Waals surface area contributed by atoms with Crippen LogP contribution < -0.4 is 0 Å². The number of Topliss-reactive ketones (excluding diaryl/α,β-unsaturated/α-hetero) is 5. The van der Waals surface area contributed by atoms with Gasteiger partial charge in [0.05, 0.1) is 45.2 Å². The van der Waals surface area contributed by atoms with Gasteiger partial charge in [0.25, 0.3) is 0 Å². The van der Waals surface area contributed by atoms with Crippen LogP contribution in [-0.4, -0.2) is 202 Å². The van der Waals surface area contributed by atoms with E-state index in [-0.39, 0.29) is 28.9 Å². The number of aryl methyl sites for hydroxylation is 5. The van der Waals surface area contributed by atoms with Crippen LogP contribution >= 0.6 is 11.6 Å². The molecule has 3 aromatic heterocycles. The van der Waals surface area contributed by atoms with Crippen molar-refractivity contribution in [3.8, 4) is 6.07 Å². The summed E-state index contributed by atoms with van der Waals surface area (Å²) in [7, 11) is 20.8. The zero-order valence-electron chi connectivity index (χ0n) is 70.4. The molecular formula is C97H81ClN20O5. The molecule has 0 amide bonds. The van der Waals surface area contributed by atoms with Crippen LogP contribution in [0, 0.1) is 45.9 Å². The van der Waals surface area contributed by atoms with Crippen molar-refractivity contribution < 1.29 is 24.0 Å². The van der Waals surface area contributed by atoms with E-state index in [0.29, 0.717) is 130 Å². The Morgan fingerprint density at radius 1 is 0.325 bits per heavy atom. The van der Waals surface area contributed by atoms with Gasteiger partial charge in [0.15, 0.2) is 28.9 Å². The van der Waals surface area contributed by atoms with E-state index >= 15 is 0 Å². The summed E-state index contributed by atoms with van der Waals surface area (Å²) in [6.45, 7) is 9.67. The standard InChI is InChI=1S/C21H16N4O.C19H14ClN3O.C19H19N5O.2C19H16N4O/c1-12-10-13(11-22)8-9-14(12)17-19-18(23-21(24-19)25(2)3)15-6-4-5-7-16(15)20(17)26;1-23(2)19-21-16-11-7-3-4-8-12(11)18(24)15(17(16)22-19)13-9-5-6-10-14(13)20;1-10-14(11(2)24(5)22-10)15-17-16(20-19(21-17)23(3)4)12-8-6-7-9-13(12)18(15)25;1-11-12(9-6-10-20-11)15-17-16(21-19(22-17)23(2)3)13-7-4-5-8-14(13)18(15)24;1-11-8-9-20-10-14(11)15-17-16(21-19(22-17)23(2)3)12-6-4-5-7-13(12)18(15)24/h4-10H,1-3H3;3-10H,1-2H3;6-9H,1-5H3;2*4-10H,1-3H3. The van der Waals surface area contributed by atoms with Gasteiger partial charge < -0.3 is 24.5 Å². The number of benzene rings is 7. The molecule has 0 radical (unpaired) electrons. The molecule has 10 aromatic rings. The maximum atomic E-state index is 13.3. The van der Waals surface area contributed by atoms with Gasteiger partial charge >= 0.3 is 0 Å². The molecule has 8 heterocycles. The molecule has 5 aliphatic heterocycles. The van der Waals surface area contributed by atoms with Crippen LogP contribution in [0.25, 0.3) is 27.9 Å². The molecule has 5 aliphatic carbocycles. The third-order valence-electron chi connectivity index (χ3n) is 21.8. The summed E-state index contributed by atoms with van der Waals surface area (Å²) >= 11 is 6.35. The number of guanidine groups is 5. The van der Waals surface area contributed by atoms with Crippen molar-refractivity contribution >= 4 is 127 Å². The lowest BCUT2D eigenvalue weighted by Crippen LogP contribution is -2.20. The number of rotatable bonds is 5. The molecule has 0 bridgehead atoms. The highest BCUT2D eigenvalue weighted by atomic mass is 35.5. The first-order chi connectivity index (χ1) is 59.1. The van der Waals surface area contributed by atoms with E-state index < -0.39 is 0 Å². The summed E-state index contributed by atoms with van der Waals surface area (Å²) in [4.78, 5) is 130. The highest BCUT2D eigenvalue weighted by Crippen LogP contribution is 2.44. The normalized spacial score (nSPS) is 15.6. The number of halogens is 1. The van der Waals surface area contributed by atoms with Crippen LogP contribution in [-0.2, 0) is 7.05 Å². The fourth-order valence-electron chi connectivity index (χ4n) is 15.6.